The van der Waals surface area contributed by atoms with Crippen molar-refractivity contribution < 1.29 is 13.9 Å². The molecule has 1 N–H and O–H groups in total. The van der Waals surface area contributed by atoms with Crippen molar-refractivity contribution in [2.75, 3.05) is 0 Å². The van der Waals surface area contributed by atoms with Crippen LogP contribution in [0.5, 0.6) is 0 Å². The third-order valence-corrected chi connectivity index (χ3v) is 2.93. The highest BCUT2D eigenvalue weighted by Gasteiger charge is 2.16. The first-order valence-electron chi connectivity index (χ1n) is 5.22. The van der Waals surface area contributed by atoms with E-state index in [-0.39, 0.29) is 16.5 Å². The van der Waals surface area contributed by atoms with Crippen molar-refractivity contribution in [3.05, 3.63) is 33.8 Å². The molecule has 16 heavy (non-hydrogen) atoms. The molecule has 0 aliphatic rings. The monoisotopic (exact) mass is 292 g/mol. The van der Waals surface area contributed by atoms with E-state index in [0.29, 0.717) is 12.3 Å². The summed E-state index contributed by atoms with van der Waals surface area (Å²) in [6.45, 7) is 3.91. The number of halogens is 3. The van der Waals surface area contributed by atoms with Crippen LogP contribution >= 0.6 is 15.9 Å². The Balaban J connectivity index is 2.84. The maximum atomic E-state index is 13.6. The maximum Gasteiger partial charge on any atom is 0.143 e. The Morgan fingerprint density at radius 2 is 1.94 bits per heavy atom. The summed E-state index contributed by atoms with van der Waals surface area (Å²) >= 11 is 3.00. The molecule has 1 nitrogen and oxygen atoms in total. The van der Waals surface area contributed by atoms with Gasteiger partial charge in [-0.1, -0.05) is 13.8 Å². The van der Waals surface area contributed by atoms with E-state index in [2.05, 4.69) is 15.9 Å². The molecule has 1 aromatic rings. The molecule has 1 aromatic carbocycles. The van der Waals surface area contributed by atoms with Crippen molar-refractivity contribution in [1.29, 1.82) is 0 Å². The first-order valence-corrected chi connectivity index (χ1v) is 6.01. The smallest absolute Gasteiger partial charge is 0.143 e. The Hall–Kier alpha value is -0.480. The van der Waals surface area contributed by atoms with E-state index >= 15 is 0 Å². The Morgan fingerprint density at radius 3 is 2.50 bits per heavy atom. The van der Waals surface area contributed by atoms with Crippen molar-refractivity contribution >= 4 is 15.9 Å². The molecule has 0 bridgehead atoms. The van der Waals surface area contributed by atoms with E-state index in [9.17, 15) is 13.9 Å². The Labute approximate surface area is 103 Å². The van der Waals surface area contributed by atoms with Gasteiger partial charge in [0.15, 0.2) is 0 Å². The second-order valence-electron chi connectivity index (χ2n) is 4.31. The summed E-state index contributed by atoms with van der Waals surface area (Å²) in [4.78, 5) is 0. The lowest BCUT2D eigenvalue weighted by Crippen LogP contribution is -2.15. The summed E-state index contributed by atoms with van der Waals surface area (Å²) in [6.07, 6.45) is -0.168. The summed E-state index contributed by atoms with van der Waals surface area (Å²) in [5.74, 6) is -0.931. The lowest BCUT2D eigenvalue weighted by atomic mass is 9.99. The number of hydrogen-bond acceptors (Lipinski definition) is 1. The van der Waals surface area contributed by atoms with Crippen molar-refractivity contribution in [2.24, 2.45) is 5.92 Å². The molecule has 1 unspecified atom stereocenters. The van der Waals surface area contributed by atoms with Gasteiger partial charge in [0.1, 0.15) is 11.6 Å². The van der Waals surface area contributed by atoms with Gasteiger partial charge in [0.25, 0.3) is 0 Å². The standard InChI is InChI=1S/C12H15BrF2O/c1-7(2)5-8(16)6-9-11(14)4-3-10(13)12(9)15/h3-4,7-8,16H,5-6H2,1-2H3. The Morgan fingerprint density at radius 1 is 1.31 bits per heavy atom. The topological polar surface area (TPSA) is 20.2 Å². The predicted octanol–water partition coefficient (Wildman–Crippen LogP) is 3.68. The van der Waals surface area contributed by atoms with Crippen molar-refractivity contribution in [3.8, 4) is 0 Å². The normalized spacial score (nSPS) is 13.2. The summed E-state index contributed by atoms with van der Waals surface area (Å²) in [7, 11) is 0. The first kappa shape index (κ1) is 13.6. The van der Waals surface area contributed by atoms with Gasteiger partial charge in [-0.2, -0.15) is 0 Å². The molecule has 0 spiro atoms. The second-order valence-corrected chi connectivity index (χ2v) is 5.16. The molecular formula is C12H15BrF2O. The van der Waals surface area contributed by atoms with Crippen LogP contribution in [-0.2, 0) is 6.42 Å². The van der Waals surface area contributed by atoms with Crippen LogP contribution in [0.4, 0.5) is 8.78 Å². The largest absolute Gasteiger partial charge is 0.393 e. The number of hydrogen-bond donors (Lipinski definition) is 1. The minimum atomic E-state index is -0.710. The molecule has 0 radical (unpaired) electrons. The van der Waals surface area contributed by atoms with Crippen LogP contribution in [0.3, 0.4) is 0 Å². The minimum Gasteiger partial charge on any atom is -0.393 e. The van der Waals surface area contributed by atoms with Crippen LogP contribution in [-0.4, -0.2) is 11.2 Å². The van der Waals surface area contributed by atoms with E-state index in [1.807, 2.05) is 13.8 Å². The van der Waals surface area contributed by atoms with Gasteiger partial charge in [-0.3, -0.25) is 0 Å². The van der Waals surface area contributed by atoms with E-state index in [1.165, 1.54) is 12.1 Å². The number of benzene rings is 1. The second kappa shape index (κ2) is 5.73. The third kappa shape index (κ3) is 3.52. The fourth-order valence-electron chi connectivity index (χ4n) is 1.62. The van der Waals surface area contributed by atoms with Gasteiger partial charge in [0, 0.05) is 12.0 Å². The van der Waals surface area contributed by atoms with E-state index in [4.69, 9.17) is 0 Å². The van der Waals surface area contributed by atoms with Crippen LogP contribution in [0.2, 0.25) is 0 Å². The van der Waals surface area contributed by atoms with E-state index in [0.717, 1.165) is 0 Å². The zero-order valence-corrected chi connectivity index (χ0v) is 10.9. The first-order chi connectivity index (χ1) is 7.41. The molecule has 1 atom stereocenters. The molecule has 0 aliphatic carbocycles. The molecule has 0 aliphatic heterocycles. The maximum absolute atomic E-state index is 13.6. The van der Waals surface area contributed by atoms with E-state index < -0.39 is 17.7 Å². The fourth-order valence-corrected chi connectivity index (χ4v) is 1.99. The molecule has 90 valence electrons. The Kier molecular flexibility index (Phi) is 4.87. The van der Waals surface area contributed by atoms with E-state index in [1.54, 1.807) is 0 Å². The predicted molar refractivity (Wildman–Crippen MR) is 63.2 cm³/mol. The van der Waals surface area contributed by atoms with Gasteiger partial charge in [0.2, 0.25) is 0 Å². The third-order valence-electron chi connectivity index (χ3n) is 2.32. The lowest BCUT2D eigenvalue weighted by molar-refractivity contribution is 0.146. The average Bonchev–Trinajstić information content (AvgIpc) is 2.17. The molecule has 0 saturated heterocycles. The highest BCUT2D eigenvalue weighted by Crippen LogP contribution is 2.23. The summed E-state index contributed by atoms with van der Waals surface area (Å²) < 4.78 is 27.1. The summed E-state index contributed by atoms with van der Waals surface area (Å²) in [5, 5.41) is 9.66. The van der Waals surface area contributed by atoms with Crippen molar-refractivity contribution in [2.45, 2.75) is 32.8 Å². The van der Waals surface area contributed by atoms with Gasteiger partial charge in [-0.15, -0.1) is 0 Å². The fraction of sp³-hybridized carbons (Fsp3) is 0.500. The molecule has 0 fully saturated rings. The molecule has 0 saturated carbocycles. The lowest BCUT2D eigenvalue weighted by Gasteiger charge is -2.14. The quantitative estimate of drug-likeness (QED) is 0.840. The van der Waals surface area contributed by atoms with Crippen LogP contribution in [0.15, 0.2) is 16.6 Å². The molecule has 0 aromatic heterocycles. The highest BCUT2D eigenvalue weighted by molar-refractivity contribution is 9.10. The zero-order valence-electron chi connectivity index (χ0n) is 9.30. The van der Waals surface area contributed by atoms with Crippen molar-refractivity contribution in [1.82, 2.24) is 0 Å². The zero-order chi connectivity index (χ0) is 12.3. The van der Waals surface area contributed by atoms with Crippen molar-refractivity contribution in [3.63, 3.8) is 0 Å². The van der Waals surface area contributed by atoms with Crippen LogP contribution < -0.4 is 0 Å². The van der Waals surface area contributed by atoms with Crippen LogP contribution in [0.1, 0.15) is 25.8 Å². The molecular weight excluding hydrogens is 278 g/mol. The van der Waals surface area contributed by atoms with Gasteiger partial charge < -0.3 is 5.11 Å². The number of rotatable bonds is 4. The molecule has 4 heteroatoms. The molecule has 0 amide bonds. The van der Waals surface area contributed by atoms with Gasteiger partial charge in [-0.25, -0.2) is 8.78 Å². The van der Waals surface area contributed by atoms with Gasteiger partial charge in [-0.05, 0) is 40.4 Å². The highest BCUT2D eigenvalue weighted by atomic mass is 79.9. The minimum absolute atomic E-state index is 0.00921. The number of aliphatic hydroxyl groups is 1. The molecule has 0 heterocycles. The van der Waals surface area contributed by atoms with Crippen LogP contribution in [0, 0.1) is 17.6 Å². The Bertz CT molecular complexity index is 366. The van der Waals surface area contributed by atoms with Gasteiger partial charge in [0.05, 0.1) is 10.6 Å². The molecule has 1 rings (SSSR count). The average molecular weight is 293 g/mol. The SMILES string of the molecule is CC(C)CC(O)Cc1c(F)ccc(Br)c1F. The number of aliphatic hydroxyl groups excluding tert-OH is 1. The summed E-state index contributed by atoms with van der Waals surface area (Å²) in [6, 6.07) is 2.52. The summed E-state index contributed by atoms with van der Waals surface area (Å²) in [5.41, 5.74) is -0.0532. The van der Waals surface area contributed by atoms with Crippen LogP contribution in [0.25, 0.3) is 0 Å². The van der Waals surface area contributed by atoms with Gasteiger partial charge >= 0.3 is 0 Å².